The molecule has 26 heavy (non-hydrogen) atoms. The standard InChI is InChI=1S/C22H22N2O2/c1-2-4-19(5-3-1)26-22-14-18(15-24-16-22)17-6-8-20(9-7-17)25-21-10-12-23-13-11-21/h1-9,14-16,21,23H,10-13H2. The van der Waals surface area contributed by atoms with E-state index in [1.54, 1.807) is 6.20 Å². The van der Waals surface area contributed by atoms with Gasteiger partial charge >= 0.3 is 0 Å². The maximum absolute atomic E-state index is 6.07. The number of rotatable bonds is 5. The van der Waals surface area contributed by atoms with Crippen LogP contribution in [0.5, 0.6) is 17.2 Å². The summed E-state index contributed by atoms with van der Waals surface area (Å²) >= 11 is 0. The molecule has 0 bridgehead atoms. The SMILES string of the molecule is c1ccc(Oc2cncc(-c3ccc(OC4CCNCC4)cc3)c2)cc1. The number of pyridine rings is 1. The molecule has 1 aromatic heterocycles. The predicted molar refractivity (Wildman–Crippen MR) is 103 cm³/mol. The van der Waals surface area contributed by atoms with Gasteiger partial charge in [0, 0.05) is 11.8 Å². The largest absolute Gasteiger partial charge is 0.490 e. The van der Waals surface area contributed by atoms with Gasteiger partial charge in [0.05, 0.1) is 6.20 Å². The van der Waals surface area contributed by atoms with Crippen molar-refractivity contribution in [1.82, 2.24) is 10.3 Å². The molecule has 0 atom stereocenters. The number of benzene rings is 2. The zero-order valence-corrected chi connectivity index (χ0v) is 14.6. The Morgan fingerprint density at radius 3 is 2.31 bits per heavy atom. The van der Waals surface area contributed by atoms with Gasteiger partial charge in [-0.3, -0.25) is 4.98 Å². The van der Waals surface area contributed by atoms with Crippen LogP contribution in [-0.2, 0) is 0 Å². The van der Waals surface area contributed by atoms with E-state index in [1.165, 1.54) is 0 Å². The number of nitrogens with zero attached hydrogens (tertiary/aromatic N) is 1. The molecule has 0 radical (unpaired) electrons. The molecule has 3 aromatic rings. The van der Waals surface area contributed by atoms with Crippen molar-refractivity contribution in [3.05, 3.63) is 73.1 Å². The van der Waals surface area contributed by atoms with Crippen molar-refractivity contribution < 1.29 is 9.47 Å². The average molecular weight is 346 g/mol. The summed E-state index contributed by atoms with van der Waals surface area (Å²) in [6, 6.07) is 19.9. The molecule has 1 aliphatic heterocycles. The lowest BCUT2D eigenvalue weighted by molar-refractivity contribution is 0.162. The summed E-state index contributed by atoms with van der Waals surface area (Å²) < 4.78 is 11.9. The van der Waals surface area contributed by atoms with Crippen molar-refractivity contribution in [2.75, 3.05) is 13.1 Å². The molecular weight excluding hydrogens is 324 g/mol. The number of hydrogen-bond donors (Lipinski definition) is 1. The van der Waals surface area contributed by atoms with Crippen LogP contribution in [0.3, 0.4) is 0 Å². The molecule has 4 nitrogen and oxygen atoms in total. The highest BCUT2D eigenvalue weighted by Crippen LogP contribution is 2.28. The Labute approximate surface area is 153 Å². The van der Waals surface area contributed by atoms with Crippen LogP contribution >= 0.6 is 0 Å². The molecule has 0 saturated carbocycles. The highest BCUT2D eigenvalue weighted by Gasteiger charge is 2.14. The Morgan fingerprint density at radius 1 is 0.769 bits per heavy atom. The molecule has 1 aliphatic rings. The fraction of sp³-hybridized carbons (Fsp3) is 0.227. The normalized spacial score (nSPS) is 14.8. The highest BCUT2D eigenvalue weighted by molar-refractivity contribution is 5.64. The van der Waals surface area contributed by atoms with Crippen LogP contribution < -0.4 is 14.8 Å². The van der Waals surface area contributed by atoms with Crippen LogP contribution in [0.2, 0.25) is 0 Å². The lowest BCUT2D eigenvalue weighted by Gasteiger charge is -2.23. The van der Waals surface area contributed by atoms with E-state index in [0.29, 0.717) is 6.10 Å². The summed E-state index contributed by atoms with van der Waals surface area (Å²) in [6.45, 7) is 2.06. The molecule has 0 aliphatic carbocycles. The molecule has 1 fully saturated rings. The molecule has 1 N–H and O–H groups in total. The quantitative estimate of drug-likeness (QED) is 0.729. The Balaban J connectivity index is 1.46. The predicted octanol–water partition coefficient (Wildman–Crippen LogP) is 4.67. The second-order valence-electron chi connectivity index (χ2n) is 6.42. The van der Waals surface area contributed by atoms with E-state index in [4.69, 9.17) is 9.47 Å². The zero-order chi connectivity index (χ0) is 17.6. The van der Waals surface area contributed by atoms with Crippen LogP contribution in [-0.4, -0.2) is 24.2 Å². The topological polar surface area (TPSA) is 43.4 Å². The van der Waals surface area contributed by atoms with E-state index >= 15 is 0 Å². The first-order valence-corrected chi connectivity index (χ1v) is 9.02. The Hall–Kier alpha value is -2.85. The molecule has 0 amide bonds. The first-order valence-electron chi connectivity index (χ1n) is 9.02. The van der Waals surface area contributed by atoms with Crippen molar-refractivity contribution >= 4 is 0 Å². The van der Waals surface area contributed by atoms with Gasteiger partial charge in [-0.25, -0.2) is 0 Å². The van der Waals surface area contributed by atoms with E-state index in [-0.39, 0.29) is 0 Å². The van der Waals surface area contributed by atoms with E-state index < -0.39 is 0 Å². The maximum Gasteiger partial charge on any atom is 0.146 e. The first kappa shape index (κ1) is 16.6. The molecule has 4 rings (SSSR count). The second-order valence-corrected chi connectivity index (χ2v) is 6.42. The molecular formula is C22H22N2O2. The van der Waals surface area contributed by atoms with Crippen LogP contribution in [0.1, 0.15) is 12.8 Å². The monoisotopic (exact) mass is 346 g/mol. The third-order valence-corrected chi connectivity index (χ3v) is 4.47. The van der Waals surface area contributed by atoms with Gasteiger partial charge in [0.1, 0.15) is 23.4 Å². The Bertz CT molecular complexity index is 828. The van der Waals surface area contributed by atoms with Gasteiger partial charge in [-0.15, -0.1) is 0 Å². The molecule has 0 spiro atoms. The molecule has 2 aromatic carbocycles. The lowest BCUT2D eigenvalue weighted by Crippen LogP contribution is -2.34. The molecule has 2 heterocycles. The van der Waals surface area contributed by atoms with Crippen LogP contribution in [0, 0.1) is 0 Å². The molecule has 4 heteroatoms. The minimum absolute atomic E-state index is 0.311. The minimum Gasteiger partial charge on any atom is -0.490 e. The third kappa shape index (κ3) is 4.21. The average Bonchev–Trinajstić information content (AvgIpc) is 2.70. The summed E-state index contributed by atoms with van der Waals surface area (Å²) in [5.74, 6) is 2.45. The fourth-order valence-electron chi connectivity index (χ4n) is 3.09. The molecule has 132 valence electrons. The number of para-hydroxylation sites is 1. The van der Waals surface area contributed by atoms with E-state index in [0.717, 1.165) is 54.3 Å². The minimum atomic E-state index is 0.311. The third-order valence-electron chi connectivity index (χ3n) is 4.47. The summed E-state index contributed by atoms with van der Waals surface area (Å²) in [6.07, 6.45) is 6.01. The summed E-state index contributed by atoms with van der Waals surface area (Å²) in [4.78, 5) is 4.31. The van der Waals surface area contributed by atoms with Crippen molar-refractivity contribution in [3.63, 3.8) is 0 Å². The summed E-state index contributed by atoms with van der Waals surface area (Å²) in [5, 5.41) is 3.35. The Kier molecular flexibility index (Phi) is 5.12. The van der Waals surface area contributed by atoms with Crippen molar-refractivity contribution in [2.24, 2.45) is 0 Å². The number of ether oxygens (including phenoxy) is 2. The Morgan fingerprint density at radius 2 is 1.54 bits per heavy atom. The fourth-order valence-corrected chi connectivity index (χ4v) is 3.09. The maximum atomic E-state index is 6.07. The molecule has 1 saturated heterocycles. The number of piperidine rings is 1. The van der Waals surface area contributed by atoms with Gasteiger partial charge in [-0.05, 0) is 61.8 Å². The van der Waals surface area contributed by atoms with Gasteiger partial charge in [-0.1, -0.05) is 30.3 Å². The van der Waals surface area contributed by atoms with E-state index in [2.05, 4.69) is 22.4 Å². The number of aromatic nitrogens is 1. The van der Waals surface area contributed by atoms with Crippen molar-refractivity contribution in [1.29, 1.82) is 0 Å². The van der Waals surface area contributed by atoms with Crippen LogP contribution in [0.25, 0.3) is 11.1 Å². The summed E-state index contributed by atoms with van der Waals surface area (Å²) in [7, 11) is 0. The number of hydrogen-bond acceptors (Lipinski definition) is 4. The zero-order valence-electron chi connectivity index (χ0n) is 14.6. The highest BCUT2D eigenvalue weighted by atomic mass is 16.5. The second kappa shape index (κ2) is 8.02. The van der Waals surface area contributed by atoms with E-state index in [1.807, 2.05) is 54.7 Å². The first-order chi connectivity index (χ1) is 12.9. The molecule has 0 unspecified atom stereocenters. The smallest absolute Gasteiger partial charge is 0.146 e. The van der Waals surface area contributed by atoms with Gasteiger partial charge in [0.15, 0.2) is 0 Å². The summed E-state index contributed by atoms with van der Waals surface area (Å²) in [5.41, 5.74) is 2.11. The van der Waals surface area contributed by atoms with Crippen LogP contribution in [0.15, 0.2) is 73.1 Å². The van der Waals surface area contributed by atoms with Crippen molar-refractivity contribution in [2.45, 2.75) is 18.9 Å². The van der Waals surface area contributed by atoms with Gasteiger partial charge < -0.3 is 14.8 Å². The van der Waals surface area contributed by atoms with Crippen molar-refractivity contribution in [3.8, 4) is 28.4 Å². The van der Waals surface area contributed by atoms with Crippen LogP contribution in [0.4, 0.5) is 0 Å². The lowest BCUT2D eigenvalue weighted by atomic mass is 10.1. The van der Waals surface area contributed by atoms with Gasteiger partial charge in [0.25, 0.3) is 0 Å². The van der Waals surface area contributed by atoms with E-state index in [9.17, 15) is 0 Å². The number of nitrogens with one attached hydrogen (secondary N) is 1. The van der Waals surface area contributed by atoms with Gasteiger partial charge in [0.2, 0.25) is 0 Å². The van der Waals surface area contributed by atoms with Gasteiger partial charge in [-0.2, -0.15) is 0 Å².